The van der Waals surface area contributed by atoms with Gasteiger partial charge in [0.2, 0.25) is 0 Å². The first-order valence-corrected chi connectivity index (χ1v) is 15.7. The average molecular weight is 539 g/mol. The highest BCUT2D eigenvalue weighted by atomic mass is 16.5. The van der Waals surface area contributed by atoms with Gasteiger partial charge < -0.3 is 14.0 Å². The number of hydrogen-bond acceptors (Lipinski definition) is 3. The van der Waals surface area contributed by atoms with E-state index in [9.17, 15) is 4.79 Å². The van der Waals surface area contributed by atoms with Crippen LogP contribution in [0.25, 0.3) is 0 Å². The first kappa shape index (κ1) is 32.9. The summed E-state index contributed by atoms with van der Waals surface area (Å²) in [6.45, 7) is 5.32. The zero-order valence-electron chi connectivity index (χ0n) is 25.3. The van der Waals surface area contributed by atoms with E-state index in [1.54, 1.807) is 0 Å². The van der Waals surface area contributed by atoms with Crippen LogP contribution in [-0.4, -0.2) is 44.3 Å². The molecule has 0 fully saturated rings. The third-order valence-electron chi connectivity index (χ3n) is 7.41. The topological polar surface area (TPSA) is 35.5 Å². The second-order valence-corrected chi connectivity index (χ2v) is 11.8. The molecule has 0 aromatic heterocycles. The lowest BCUT2D eigenvalue weighted by molar-refractivity contribution is -0.903. The summed E-state index contributed by atoms with van der Waals surface area (Å²) in [5.74, 6) is 0.795. The summed E-state index contributed by atoms with van der Waals surface area (Å²) in [5, 5.41) is 0. The number of rotatable bonds is 23. The molecule has 0 spiro atoms. The fraction of sp³-hybridized carbons (Fsp3) is 0.629. The molecule has 0 amide bonds. The van der Waals surface area contributed by atoms with E-state index in [1.807, 2.05) is 0 Å². The first-order valence-electron chi connectivity index (χ1n) is 15.7. The van der Waals surface area contributed by atoms with E-state index < -0.39 is 0 Å². The maximum Gasteiger partial charge on any atom is 0.305 e. The fourth-order valence-corrected chi connectivity index (χ4v) is 5.04. The molecule has 2 aromatic carbocycles. The van der Waals surface area contributed by atoms with Crippen molar-refractivity contribution in [1.29, 1.82) is 0 Å². The Morgan fingerprint density at radius 3 is 1.97 bits per heavy atom. The molecule has 0 radical (unpaired) electrons. The Balaban J connectivity index is 1.43. The van der Waals surface area contributed by atoms with Gasteiger partial charge in [-0.2, -0.15) is 0 Å². The van der Waals surface area contributed by atoms with Crippen LogP contribution in [0.4, 0.5) is 0 Å². The smallest absolute Gasteiger partial charge is 0.305 e. The molecule has 0 N–H and O–H groups in total. The minimum absolute atomic E-state index is 0.0975. The lowest BCUT2D eigenvalue weighted by atomic mass is 10.0. The standard InChI is InChI=1S/C35H56NO3/c1-4-5-6-7-8-9-10-11-12-14-20-32-24-26-34(27-25-32)38-29-19-30-39-35(37)23-17-18-28-36(2,3)31-33-21-15-13-16-22-33/h13,15-16,21-22,24-27H,4-12,14,17-20,23,28-31H2,1-3H3/q+1. The van der Waals surface area contributed by atoms with Gasteiger partial charge in [-0.3, -0.25) is 4.79 Å². The molecule has 2 aromatic rings. The Morgan fingerprint density at radius 2 is 1.31 bits per heavy atom. The molecule has 0 bridgehead atoms. The van der Waals surface area contributed by atoms with Gasteiger partial charge in [0.1, 0.15) is 12.3 Å². The van der Waals surface area contributed by atoms with Crippen LogP contribution in [0.3, 0.4) is 0 Å². The number of carbonyl (C=O) groups is 1. The number of ether oxygens (including phenoxy) is 2. The average Bonchev–Trinajstić information content (AvgIpc) is 2.93. The molecule has 0 unspecified atom stereocenters. The molecule has 218 valence electrons. The summed E-state index contributed by atoms with van der Waals surface area (Å²) in [7, 11) is 4.50. The third kappa shape index (κ3) is 17.1. The largest absolute Gasteiger partial charge is 0.493 e. The molecule has 0 aliphatic heterocycles. The van der Waals surface area contributed by atoms with Crippen LogP contribution in [0.2, 0.25) is 0 Å². The predicted molar refractivity (Wildman–Crippen MR) is 164 cm³/mol. The fourth-order valence-electron chi connectivity index (χ4n) is 5.04. The minimum Gasteiger partial charge on any atom is -0.493 e. The molecule has 0 heterocycles. The maximum absolute atomic E-state index is 12.1. The van der Waals surface area contributed by atoms with E-state index in [-0.39, 0.29) is 5.97 Å². The SMILES string of the molecule is CCCCCCCCCCCCc1ccc(OCCCOC(=O)CCCC[N+](C)(C)Cc2ccccc2)cc1. The van der Waals surface area contributed by atoms with Crippen molar-refractivity contribution in [3.05, 3.63) is 65.7 Å². The Morgan fingerprint density at radius 1 is 0.667 bits per heavy atom. The second-order valence-electron chi connectivity index (χ2n) is 11.8. The molecule has 2 rings (SSSR count). The zero-order valence-corrected chi connectivity index (χ0v) is 25.3. The number of carbonyl (C=O) groups excluding carboxylic acids is 1. The molecule has 4 heteroatoms. The van der Waals surface area contributed by atoms with Crippen LogP contribution < -0.4 is 4.74 Å². The van der Waals surface area contributed by atoms with Crippen molar-refractivity contribution < 1.29 is 18.8 Å². The third-order valence-corrected chi connectivity index (χ3v) is 7.41. The molecular formula is C35H56NO3+. The summed E-state index contributed by atoms with van der Waals surface area (Å²) in [5.41, 5.74) is 2.74. The van der Waals surface area contributed by atoms with Crippen molar-refractivity contribution in [1.82, 2.24) is 0 Å². The van der Waals surface area contributed by atoms with E-state index in [0.29, 0.717) is 26.1 Å². The quantitative estimate of drug-likeness (QED) is 0.0805. The van der Waals surface area contributed by atoms with E-state index in [2.05, 4.69) is 75.6 Å². The van der Waals surface area contributed by atoms with Gasteiger partial charge in [0.05, 0.1) is 33.9 Å². The number of nitrogens with zero attached hydrogens (tertiary/aromatic N) is 1. The van der Waals surface area contributed by atoms with E-state index in [4.69, 9.17) is 9.47 Å². The van der Waals surface area contributed by atoms with Crippen molar-refractivity contribution in [3.8, 4) is 5.75 Å². The Bertz CT molecular complexity index is 863. The lowest BCUT2D eigenvalue weighted by Crippen LogP contribution is -2.39. The van der Waals surface area contributed by atoms with Gasteiger partial charge in [-0.1, -0.05) is 107 Å². The number of aryl methyl sites for hydroxylation is 1. The van der Waals surface area contributed by atoms with Crippen molar-refractivity contribution in [2.24, 2.45) is 0 Å². The molecule has 0 aliphatic carbocycles. The lowest BCUT2D eigenvalue weighted by Gasteiger charge is -2.30. The number of esters is 1. The molecule has 0 atom stereocenters. The summed E-state index contributed by atoms with van der Waals surface area (Å²) in [6.07, 6.45) is 18.0. The first-order chi connectivity index (χ1) is 19.0. The van der Waals surface area contributed by atoms with Crippen LogP contribution >= 0.6 is 0 Å². The number of unbranched alkanes of at least 4 members (excludes halogenated alkanes) is 10. The van der Waals surface area contributed by atoms with Crippen molar-refractivity contribution >= 4 is 5.97 Å². The molecule has 0 saturated heterocycles. The maximum atomic E-state index is 12.1. The number of hydrogen-bond donors (Lipinski definition) is 0. The minimum atomic E-state index is -0.0975. The van der Waals surface area contributed by atoms with E-state index in [1.165, 1.54) is 75.3 Å². The molecule has 4 nitrogen and oxygen atoms in total. The van der Waals surface area contributed by atoms with Gasteiger partial charge in [-0.25, -0.2) is 0 Å². The monoisotopic (exact) mass is 538 g/mol. The molecular weight excluding hydrogens is 482 g/mol. The summed E-state index contributed by atoms with van der Waals surface area (Å²) >= 11 is 0. The van der Waals surface area contributed by atoms with Crippen molar-refractivity contribution in [2.45, 2.75) is 110 Å². The summed E-state index contributed by atoms with van der Waals surface area (Å²) in [6, 6.07) is 19.1. The van der Waals surface area contributed by atoms with Crippen LogP contribution in [-0.2, 0) is 22.5 Å². The van der Waals surface area contributed by atoms with Crippen LogP contribution in [0, 0.1) is 0 Å². The van der Waals surface area contributed by atoms with E-state index >= 15 is 0 Å². The van der Waals surface area contributed by atoms with Crippen LogP contribution in [0.1, 0.15) is 108 Å². The highest BCUT2D eigenvalue weighted by Crippen LogP contribution is 2.16. The predicted octanol–water partition coefficient (Wildman–Crippen LogP) is 8.91. The van der Waals surface area contributed by atoms with Gasteiger partial charge in [0.15, 0.2) is 0 Å². The Labute approximate surface area is 239 Å². The highest BCUT2D eigenvalue weighted by molar-refractivity contribution is 5.69. The molecule has 0 aliphatic rings. The summed E-state index contributed by atoms with van der Waals surface area (Å²) < 4.78 is 12.2. The van der Waals surface area contributed by atoms with Crippen molar-refractivity contribution in [2.75, 3.05) is 33.9 Å². The van der Waals surface area contributed by atoms with Gasteiger partial charge in [-0.05, 0) is 43.4 Å². The van der Waals surface area contributed by atoms with Gasteiger partial charge in [0.25, 0.3) is 0 Å². The number of quaternary nitrogens is 1. The Hall–Kier alpha value is -2.33. The normalized spacial score (nSPS) is 11.5. The number of benzene rings is 2. The zero-order chi connectivity index (χ0) is 28.0. The van der Waals surface area contributed by atoms with E-state index in [0.717, 1.165) is 42.6 Å². The van der Waals surface area contributed by atoms with Crippen LogP contribution in [0.15, 0.2) is 54.6 Å². The van der Waals surface area contributed by atoms with Gasteiger partial charge in [0, 0.05) is 18.4 Å². The molecule has 39 heavy (non-hydrogen) atoms. The van der Waals surface area contributed by atoms with Crippen molar-refractivity contribution in [3.63, 3.8) is 0 Å². The summed E-state index contributed by atoms with van der Waals surface area (Å²) in [4.78, 5) is 12.1. The van der Waals surface area contributed by atoms with Crippen LogP contribution in [0.5, 0.6) is 5.75 Å². The van der Waals surface area contributed by atoms with Gasteiger partial charge in [-0.15, -0.1) is 0 Å². The second kappa shape index (κ2) is 20.6. The highest BCUT2D eigenvalue weighted by Gasteiger charge is 2.15. The Kier molecular flexibility index (Phi) is 17.3. The van der Waals surface area contributed by atoms with Gasteiger partial charge >= 0.3 is 5.97 Å². The molecule has 0 saturated carbocycles.